The fraction of sp³-hybridized carbons (Fsp3) is 0.636. The van der Waals surface area contributed by atoms with Gasteiger partial charge in [0.1, 0.15) is 5.82 Å². The first kappa shape index (κ1) is 11.9. The summed E-state index contributed by atoms with van der Waals surface area (Å²) in [5.41, 5.74) is 6.69. The van der Waals surface area contributed by atoms with Crippen LogP contribution in [0.1, 0.15) is 38.2 Å². The first-order chi connectivity index (χ1) is 7.02. The molecule has 4 nitrogen and oxygen atoms in total. The first-order valence-electron chi connectivity index (χ1n) is 5.20. The predicted molar refractivity (Wildman–Crippen MR) is 60.0 cm³/mol. The third kappa shape index (κ3) is 3.47. The third-order valence-electron chi connectivity index (χ3n) is 2.03. The van der Waals surface area contributed by atoms with Crippen molar-refractivity contribution in [1.82, 2.24) is 9.97 Å². The lowest BCUT2D eigenvalue weighted by atomic mass is 10.1. The van der Waals surface area contributed by atoms with E-state index in [-0.39, 0.29) is 6.04 Å². The second-order valence-electron chi connectivity index (χ2n) is 4.10. The van der Waals surface area contributed by atoms with Gasteiger partial charge in [0.05, 0.1) is 7.11 Å². The summed E-state index contributed by atoms with van der Waals surface area (Å²) in [6.07, 6.45) is 0.749. The van der Waals surface area contributed by atoms with Gasteiger partial charge < -0.3 is 10.5 Å². The molecule has 0 aromatic carbocycles. The van der Waals surface area contributed by atoms with E-state index in [2.05, 4.69) is 23.8 Å². The van der Waals surface area contributed by atoms with Crippen LogP contribution >= 0.6 is 0 Å². The minimum absolute atomic E-state index is 0.101. The van der Waals surface area contributed by atoms with Gasteiger partial charge in [0, 0.05) is 30.1 Å². The Balaban J connectivity index is 3.00. The Morgan fingerprint density at radius 1 is 1.33 bits per heavy atom. The molecule has 0 fully saturated rings. The Morgan fingerprint density at radius 3 is 2.47 bits per heavy atom. The zero-order valence-corrected chi connectivity index (χ0v) is 9.82. The van der Waals surface area contributed by atoms with Gasteiger partial charge in [-0.15, -0.1) is 0 Å². The Labute approximate surface area is 90.9 Å². The van der Waals surface area contributed by atoms with Crippen LogP contribution in [0.5, 0.6) is 5.88 Å². The van der Waals surface area contributed by atoms with E-state index in [1.807, 2.05) is 13.0 Å². The number of methoxy groups -OCH3 is 1. The van der Waals surface area contributed by atoms with Crippen LogP contribution in [0.2, 0.25) is 0 Å². The van der Waals surface area contributed by atoms with Crippen LogP contribution < -0.4 is 10.5 Å². The highest BCUT2D eigenvalue weighted by atomic mass is 16.5. The molecule has 1 heterocycles. The number of hydrogen-bond acceptors (Lipinski definition) is 4. The van der Waals surface area contributed by atoms with Crippen LogP contribution in [0.25, 0.3) is 0 Å². The van der Waals surface area contributed by atoms with Gasteiger partial charge in [-0.05, 0) is 6.92 Å². The second kappa shape index (κ2) is 5.07. The maximum atomic E-state index is 5.74. The van der Waals surface area contributed by atoms with Crippen molar-refractivity contribution in [1.29, 1.82) is 0 Å². The molecular weight excluding hydrogens is 190 g/mol. The zero-order valence-electron chi connectivity index (χ0n) is 9.82. The molecule has 0 spiro atoms. The molecule has 0 saturated heterocycles. The quantitative estimate of drug-likeness (QED) is 0.816. The largest absolute Gasteiger partial charge is 0.481 e. The number of aromatic nitrogens is 2. The fourth-order valence-corrected chi connectivity index (χ4v) is 1.29. The maximum absolute atomic E-state index is 5.74. The van der Waals surface area contributed by atoms with Crippen molar-refractivity contribution in [3.63, 3.8) is 0 Å². The molecular formula is C11H19N3O. The van der Waals surface area contributed by atoms with Gasteiger partial charge >= 0.3 is 0 Å². The molecule has 0 saturated carbocycles. The summed E-state index contributed by atoms with van der Waals surface area (Å²) in [6.45, 7) is 6.08. The van der Waals surface area contributed by atoms with Crippen molar-refractivity contribution in [2.24, 2.45) is 5.73 Å². The summed E-state index contributed by atoms with van der Waals surface area (Å²) in [4.78, 5) is 8.73. The summed E-state index contributed by atoms with van der Waals surface area (Å²) in [5, 5.41) is 0. The highest BCUT2D eigenvalue weighted by Gasteiger charge is 2.09. The van der Waals surface area contributed by atoms with E-state index in [0.29, 0.717) is 11.8 Å². The molecule has 1 aromatic rings. The normalized spacial score (nSPS) is 12.9. The van der Waals surface area contributed by atoms with Crippen LogP contribution in [-0.4, -0.2) is 23.1 Å². The molecule has 0 aliphatic heterocycles. The highest BCUT2D eigenvalue weighted by Crippen LogP contribution is 2.15. The van der Waals surface area contributed by atoms with Crippen LogP contribution in [-0.2, 0) is 6.42 Å². The van der Waals surface area contributed by atoms with Gasteiger partial charge in [-0.3, -0.25) is 0 Å². The van der Waals surface area contributed by atoms with Crippen molar-refractivity contribution in [2.75, 3.05) is 7.11 Å². The SMILES string of the molecule is COc1cc(CC(C)N)nc(C(C)C)n1. The predicted octanol–water partition coefficient (Wildman–Crippen LogP) is 1.50. The Hall–Kier alpha value is -1.16. The van der Waals surface area contributed by atoms with Crippen molar-refractivity contribution in [3.8, 4) is 5.88 Å². The molecule has 0 amide bonds. The van der Waals surface area contributed by atoms with E-state index >= 15 is 0 Å². The standard InChI is InChI=1S/C11H19N3O/c1-7(2)11-13-9(5-8(3)12)6-10(14-11)15-4/h6-8H,5,12H2,1-4H3. The van der Waals surface area contributed by atoms with E-state index in [4.69, 9.17) is 10.5 Å². The first-order valence-corrected chi connectivity index (χ1v) is 5.20. The summed E-state index contributed by atoms with van der Waals surface area (Å²) < 4.78 is 5.14. The third-order valence-corrected chi connectivity index (χ3v) is 2.03. The molecule has 0 aliphatic rings. The smallest absolute Gasteiger partial charge is 0.216 e. The van der Waals surface area contributed by atoms with Crippen molar-refractivity contribution < 1.29 is 4.74 Å². The summed E-state index contributed by atoms with van der Waals surface area (Å²) in [6, 6.07) is 1.94. The van der Waals surface area contributed by atoms with Gasteiger partial charge in [0.2, 0.25) is 5.88 Å². The molecule has 0 radical (unpaired) electrons. The average molecular weight is 209 g/mol. The molecule has 1 rings (SSSR count). The molecule has 1 aromatic heterocycles. The molecule has 4 heteroatoms. The number of hydrogen-bond donors (Lipinski definition) is 1. The highest BCUT2D eigenvalue weighted by molar-refractivity contribution is 5.18. The van der Waals surface area contributed by atoms with Crippen LogP contribution in [0.15, 0.2) is 6.07 Å². The van der Waals surface area contributed by atoms with Gasteiger partial charge in [0.15, 0.2) is 0 Å². The van der Waals surface area contributed by atoms with E-state index in [1.165, 1.54) is 0 Å². The van der Waals surface area contributed by atoms with Crippen LogP contribution in [0.4, 0.5) is 0 Å². The second-order valence-corrected chi connectivity index (χ2v) is 4.10. The lowest BCUT2D eigenvalue weighted by Crippen LogP contribution is -2.19. The number of nitrogens with zero attached hydrogens (tertiary/aromatic N) is 2. The van der Waals surface area contributed by atoms with Crippen molar-refractivity contribution in [3.05, 3.63) is 17.6 Å². The molecule has 1 unspecified atom stereocenters. The lowest BCUT2D eigenvalue weighted by Gasteiger charge is -2.10. The Morgan fingerprint density at radius 2 is 2.00 bits per heavy atom. The van der Waals surface area contributed by atoms with E-state index in [0.717, 1.165) is 17.9 Å². The number of nitrogens with two attached hydrogens (primary N) is 1. The van der Waals surface area contributed by atoms with Crippen molar-refractivity contribution >= 4 is 0 Å². The lowest BCUT2D eigenvalue weighted by molar-refractivity contribution is 0.392. The topological polar surface area (TPSA) is 61.0 Å². The number of ether oxygens (including phenoxy) is 1. The van der Waals surface area contributed by atoms with Crippen LogP contribution in [0, 0.1) is 0 Å². The van der Waals surface area contributed by atoms with Crippen molar-refractivity contribution in [2.45, 2.75) is 39.2 Å². The summed E-state index contributed by atoms with van der Waals surface area (Å²) in [5.74, 6) is 1.72. The van der Waals surface area contributed by atoms with Gasteiger partial charge in [-0.25, -0.2) is 4.98 Å². The minimum Gasteiger partial charge on any atom is -0.481 e. The Bertz CT molecular complexity index is 324. The van der Waals surface area contributed by atoms with Crippen LogP contribution in [0.3, 0.4) is 0 Å². The number of rotatable bonds is 4. The molecule has 84 valence electrons. The molecule has 1 atom stereocenters. The summed E-state index contributed by atoms with van der Waals surface area (Å²) >= 11 is 0. The molecule has 0 bridgehead atoms. The van der Waals surface area contributed by atoms with Gasteiger partial charge in [-0.1, -0.05) is 13.8 Å². The zero-order chi connectivity index (χ0) is 11.4. The molecule has 15 heavy (non-hydrogen) atoms. The van der Waals surface area contributed by atoms with Gasteiger partial charge in [0.25, 0.3) is 0 Å². The van der Waals surface area contributed by atoms with E-state index in [1.54, 1.807) is 7.11 Å². The fourth-order valence-electron chi connectivity index (χ4n) is 1.29. The van der Waals surface area contributed by atoms with E-state index in [9.17, 15) is 0 Å². The molecule has 2 N–H and O–H groups in total. The van der Waals surface area contributed by atoms with E-state index < -0.39 is 0 Å². The minimum atomic E-state index is 0.101. The summed E-state index contributed by atoms with van der Waals surface area (Å²) in [7, 11) is 1.61. The monoisotopic (exact) mass is 209 g/mol. The maximum Gasteiger partial charge on any atom is 0.216 e. The Kier molecular flexibility index (Phi) is 4.03. The van der Waals surface area contributed by atoms with Gasteiger partial charge in [-0.2, -0.15) is 4.98 Å². The average Bonchev–Trinajstić information content (AvgIpc) is 2.16. The molecule has 0 aliphatic carbocycles.